The number of nitrogens with two attached hydrogens (primary N) is 1. The molecule has 3 rings (SSSR count). The molecule has 0 fully saturated rings. The van der Waals surface area contributed by atoms with Crippen LogP contribution in [0, 0.1) is 13.8 Å². The highest BCUT2D eigenvalue weighted by molar-refractivity contribution is 8.01. The predicted molar refractivity (Wildman–Crippen MR) is 68.7 cm³/mol. The molecule has 0 saturated carbocycles. The molecule has 0 radical (unpaired) electrons. The predicted octanol–water partition coefficient (Wildman–Crippen LogP) is 1.33. The van der Waals surface area contributed by atoms with Crippen LogP contribution >= 0.6 is 23.1 Å². The first-order valence-electron chi connectivity index (χ1n) is 5.09. The van der Waals surface area contributed by atoms with Crippen molar-refractivity contribution in [3.8, 4) is 0 Å². The van der Waals surface area contributed by atoms with Crippen LogP contribution in [-0.2, 0) is 0 Å². The summed E-state index contributed by atoms with van der Waals surface area (Å²) in [5.41, 5.74) is 6.45. The third kappa shape index (κ3) is 2.02. The average Bonchev–Trinajstić information content (AvgIpc) is 2.84. The average molecular weight is 279 g/mol. The van der Waals surface area contributed by atoms with Gasteiger partial charge in [0.25, 0.3) is 5.78 Å². The molecule has 0 aliphatic rings. The minimum atomic E-state index is 0.453. The molecule has 0 atom stereocenters. The van der Waals surface area contributed by atoms with E-state index in [1.54, 1.807) is 4.52 Å². The van der Waals surface area contributed by atoms with Gasteiger partial charge in [0.2, 0.25) is 5.13 Å². The van der Waals surface area contributed by atoms with Crippen LogP contribution in [0.4, 0.5) is 5.13 Å². The van der Waals surface area contributed by atoms with E-state index in [9.17, 15) is 0 Å². The first-order chi connectivity index (χ1) is 8.61. The van der Waals surface area contributed by atoms with E-state index in [1.165, 1.54) is 23.1 Å². The fourth-order valence-electron chi connectivity index (χ4n) is 1.48. The van der Waals surface area contributed by atoms with E-state index in [-0.39, 0.29) is 0 Å². The molecule has 0 bridgehead atoms. The van der Waals surface area contributed by atoms with Gasteiger partial charge in [0.05, 0.1) is 0 Å². The van der Waals surface area contributed by atoms with E-state index in [1.807, 2.05) is 19.9 Å². The Kier molecular flexibility index (Phi) is 2.63. The Balaban J connectivity index is 2.10. The van der Waals surface area contributed by atoms with Gasteiger partial charge in [-0.1, -0.05) is 11.3 Å². The van der Waals surface area contributed by atoms with Gasteiger partial charge in [-0.15, -0.1) is 15.3 Å². The van der Waals surface area contributed by atoms with Crippen LogP contribution in [-0.4, -0.2) is 29.8 Å². The third-order valence-corrected chi connectivity index (χ3v) is 3.93. The van der Waals surface area contributed by atoms with E-state index in [2.05, 4.69) is 25.3 Å². The van der Waals surface area contributed by atoms with E-state index in [0.717, 1.165) is 15.1 Å². The second-order valence-electron chi connectivity index (χ2n) is 3.61. The van der Waals surface area contributed by atoms with Crippen LogP contribution in [0.5, 0.6) is 0 Å². The Labute approximate surface area is 110 Å². The van der Waals surface area contributed by atoms with Gasteiger partial charge in [0, 0.05) is 5.69 Å². The van der Waals surface area contributed by atoms with Gasteiger partial charge in [0.1, 0.15) is 10.9 Å². The van der Waals surface area contributed by atoms with Crippen molar-refractivity contribution in [3.05, 3.63) is 17.6 Å². The summed E-state index contributed by atoms with van der Waals surface area (Å²) < 4.78 is 2.47. The largest absolute Gasteiger partial charge is 0.374 e. The van der Waals surface area contributed by atoms with Crippen molar-refractivity contribution < 1.29 is 0 Å². The Bertz CT molecular complexity index is 717. The number of anilines is 1. The molecule has 0 aliphatic carbocycles. The highest BCUT2D eigenvalue weighted by Gasteiger charge is 2.11. The molecule has 0 unspecified atom stereocenters. The maximum absolute atomic E-state index is 5.56. The second kappa shape index (κ2) is 4.18. The summed E-state index contributed by atoms with van der Waals surface area (Å²) in [5.74, 6) is 1.28. The lowest BCUT2D eigenvalue weighted by Crippen LogP contribution is -1.97. The first-order valence-corrected chi connectivity index (χ1v) is 6.73. The van der Waals surface area contributed by atoms with Gasteiger partial charge in [0.15, 0.2) is 4.34 Å². The molecule has 0 saturated heterocycles. The monoisotopic (exact) mass is 279 g/mol. The van der Waals surface area contributed by atoms with E-state index >= 15 is 0 Å². The summed E-state index contributed by atoms with van der Waals surface area (Å²) in [5, 5.41) is 13.4. The zero-order chi connectivity index (χ0) is 12.7. The zero-order valence-corrected chi connectivity index (χ0v) is 11.3. The molecule has 18 heavy (non-hydrogen) atoms. The molecule has 0 spiro atoms. The highest BCUT2D eigenvalue weighted by Crippen LogP contribution is 2.30. The molecule has 3 heterocycles. The van der Waals surface area contributed by atoms with Crippen LogP contribution < -0.4 is 5.73 Å². The molecule has 2 N–H and O–H groups in total. The van der Waals surface area contributed by atoms with Gasteiger partial charge in [-0.25, -0.2) is 4.98 Å². The fraction of sp³-hybridized carbons (Fsp3) is 0.222. The van der Waals surface area contributed by atoms with Crippen molar-refractivity contribution in [1.29, 1.82) is 0 Å². The Morgan fingerprint density at radius 2 is 2.11 bits per heavy atom. The maximum atomic E-state index is 5.56. The van der Waals surface area contributed by atoms with Crippen LogP contribution in [0.15, 0.2) is 15.4 Å². The number of fused-ring (bicyclic) bond motifs is 1. The number of nitrogens with zero attached hydrogens (tertiary/aromatic N) is 6. The minimum absolute atomic E-state index is 0.453. The van der Waals surface area contributed by atoms with Gasteiger partial charge in [-0.2, -0.15) is 9.50 Å². The molecule has 92 valence electrons. The van der Waals surface area contributed by atoms with Crippen molar-refractivity contribution in [3.63, 3.8) is 0 Å². The summed E-state index contributed by atoms with van der Waals surface area (Å²) in [6, 6.07) is 1.93. The van der Waals surface area contributed by atoms with Gasteiger partial charge < -0.3 is 5.73 Å². The van der Waals surface area contributed by atoms with Gasteiger partial charge >= 0.3 is 0 Å². The van der Waals surface area contributed by atoms with E-state index < -0.39 is 0 Å². The number of hydrogen-bond acceptors (Lipinski definition) is 8. The van der Waals surface area contributed by atoms with Crippen LogP contribution in [0.25, 0.3) is 5.78 Å². The van der Waals surface area contributed by atoms with Crippen molar-refractivity contribution in [2.24, 2.45) is 0 Å². The normalized spacial score (nSPS) is 11.2. The summed E-state index contributed by atoms with van der Waals surface area (Å²) >= 11 is 2.79. The maximum Gasteiger partial charge on any atom is 0.253 e. The van der Waals surface area contributed by atoms with Crippen molar-refractivity contribution >= 4 is 34.0 Å². The van der Waals surface area contributed by atoms with Crippen LogP contribution in [0.2, 0.25) is 0 Å². The van der Waals surface area contributed by atoms with Crippen molar-refractivity contribution in [2.45, 2.75) is 23.2 Å². The Morgan fingerprint density at radius 1 is 1.28 bits per heavy atom. The number of aromatic nitrogens is 6. The number of aryl methyl sites for hydroxylation is 2. The van der Waals surface area contributed by atoms with E-state index in [0.29, 0.717) is 16.7 Å². The Hall–Kier alpha value is -1.74. The highest BCUT2D eigenvalue weighted by atomic mass is 32.2. The molecular weight excluding hydrogens is 270 g/mol. The number of nitrogen functional groups attached to an aromatic ring is 1. The molecule has 3 aromatic rings. The van der Waals surface area contributed by atoms with Gasteiger partial charge in [-0.05, 0) is 31.7 Å². The SMILES string of the molecule is Cc1cc(Sc2nnc(N)s2)n2nc(C)nc2n1. The molecule has 0 amide bonds. The van der Waals surface area contributed by atoms with Crippen LogP contribution in [0.3, 0.4) is 0 Å². The topological polar surface area (TPSA) is 94.9 Å². The standard InChI is InChI=1S/C9H9N7S2/c1-4-3-6(17-9-14-13-7(10)18-9)16-8(11-4)12-5(2)15-16/h3H,1-2H3,(H2,10,13). The van der Waals surface area contributed by atoms with Crippen molar-refractivity contribution in [2.75, 3.05) is 5.73 Å². The smallest absolute Gasteiger partial charge is 0.253 e. The summed E-state index contributed by atoms with van der Waals surface area (Å²) in [4.78, 5) is 8.57. The molecule has 7 nitrogen and oxygen atoms in total. The molecule has 9 heteroatoms. The lowest BCUT2D eigenvalue weighted by atomic mass is 10.5. The summed E-state index contributed by atoms with van der Waals surface area (Å²) in [7, 11) is 0. The molecule has 0 aliphatic heterocycles. The number of rotatable bonds is 2. The summed E-state index contributed by atoms with van der Waals surface area (Å²) in [6.07, 6.45) is 0. The van der Waals surface area contributed by atoms with Gasteiger partial charge in [-0.3, -0.25) is 0 Å². The molecule has 0 aromatic carbocycles. The first kappa shape index (κ1) is 11.4. The minimum Gasteiger partial charge on any atom is -0.374 e. The third-order valence-electron chi connectivity index (χ3n) is 2.13. The molecule has 3 aromatic heterocycles. The van der Waals surface area contributed by atoms with E-state index in [4.69, 9.17) is 5.73 Å². The zero-order valence-electron chi connectivity index (χ0n) is 9.65. The quantitative estimate of drug-likeness (QED) is 0.707. The van der Waals surface area contributed by atoms with Crippen molar-refractivity contribution in [1.82, 2.24) is 29.8 Å². The number of hydrogen-bond donors (Lipinski definition) is 1. The molecular formula is C9H9N7S2. The Morgan fingerprint density at radius 3 is 2.83 bits per heavy atom. The second-order valence-corrected chi connectivity index (χ2v) is 5.89. The fourth-order valence-corrected chi connectivity index (χ4v) is 3.20. The van der Waals surface area contributed by atoms with Crippen LogP contribution in [0.1, 0.15) is 11.5 Å². The summed E-state index contributed by atoms with van der Waals surface area (Å²) in [6.45, 7) is 3.75. The lowest BCUT2D eigenvalue weighted by molar-refractivity contribution is 0.820. The lowest BCUT2D eigenvalue weighted by Gasteiger charge is -2.01.